The molecule has 1 heterocycles. The van der Waals surface area contributed by atoms with Crippen molar-refractivity contribution in [1.82, 2.24) is 15.1 Å². The maximum absolute atomic E-state index is 14.5. The minimum atomic E-state index is -1.08. The van der Waals surface area contributed by atoms with Crippen molar-refractivity contribution >= 4 is 11.9 Å². The third-order valence-electron chi connectivity index (χ3n) is 5.51. The van der Waals surface area contributed by atoms with Gasteiger partial charge in [-0.3, -0.25) is 9.59 Å². The first-order valence-corrected chi connectivity index (χ1v) is 11.2. The van der Waals surface area contributed by atoms with Gasteiger partial charge in [-0.25, -0.2) is 4.39 Å². The van der Waals surface area contributed by atoms with Crippen LogP contribution >= 0.6 is 0 Å². The Balaban J connectivity index is 1.93. The van der Waals surface area contributed by atoms with Crippen LogP contribution in [-0.4, -0.2) is 44.6 Å². The average molecular weight is 484 g/mol. The number of aliphatic hydroxyl groups is 1. The fraction of sp³-hybridized carbons (Fsp3) is 0.346. The molecule has 0 bridgehead atoms. The lowest BCUT2D eigenvalue weighted by Gasteiger charge is -2.25. The standard InChI is InChI=1S/C26H30FN3O5/c1-16-8-7-9-17(12-16)19(14-24(32)33)28-25(34)20-13-23(35-15-22(31)26(2,3)4)30(29-20)21-11-6-5-10-18(21)27/h5-13,19,22,31H,14-15H2,1-4H3,(H,28,34)(H,32,33). The molecule has 0 saturated carbocycles. The lowest BCUT2D eigenvalue weighted by molar-refractivity contribution is -0.137. The minimum Gasteiger partial charge on any atom is -0.481 e. The van der Waals surface area contributed by atoms with Crippen molar-refractivity contribution in [2.24, 2.45) is 5.41 Å². The van der Waals surface area contributed by atoms with E-state index in [0.717, 1.165) is 10.2 Å². The number of aryl methyl sites for hydroxylation is 1. The van der Waals surface area contributed by atoms with E-state index in [0.29, 0.717) is 5.56 Å². The minimum absolute atomic E-state index is 0.0626. The zero-order chi connectivity index (χ0) is 25.8. The van der Waals surface area contributed by atoms with Crippen molar-refractivity contribution in [3.63, 3.8) is 0 Å². The number of carboxylic acids is 1. The van der Waals surface area contributed by atoms with Crippen molar-refractivity contribution in [3.8, 4) is 11.6 Å². The van der Waals surface area contributed by atoms with Gasteiger partial charge in [-0.2, -0.15) is 9.78 Å². The van der Waals surface area contributed by atoms with E-state index in [9.17, 15) is 24.2 Å². The normalized spacial score (nSPS) is 13.2. The van der Waals surface area contributed by atoms with Crippen molar-refractivity contribution in [1.29, 1.82) is 0 Å². The van der Waals surface area contributed by atoms with Gasteiger partial charge in [-0.05, 0) is 30.0 Å². The van der Waals surface area contributed by atoms with Crippen LogP contribution < -0.4 is 10.1 Å². The second-order valence-corrected chi connectivity index (χ2v) is 9.46. The van der Waals surface area contributed by atoms with Crippen LogP contribution in [0.4, 0.5) is 4.39 Å². The fourth-order valence-corrected chi connectivity index (χ4v) is 3.33. The molecular formula is C26H30FN3O5. The molecule has 0 radical (unpaired) electrons. The van der Waals surface area contributed by atoms with E-state index < -0.39 is 35.3 Å². The molecular weight excluding hydrogens is 453 g/mol. The number of ether oxygens (including phenoxy) is 1. The number of nitrogens with zero attached hydrogens (tertiary/aromatic N) is 2. The molecule has 35 heavy (non-hydrogen) atoms. The number of rotatable bonds is 9. The van der Waals surface area contributed by atoms with Crippen LogP contribution in [0.2, 0.25) is 0 Å². The van der Waals surface area contributed by atoms with E-state index in [-0.39, 0.29) is 30.3 Å². The zero-order valence-corrected chi connectivity index (χ0v) is 20.2. The average Bonchev–Trinajstić information content (AvgIpc) is 3.20. The van der Waals surface area contributed by atoms with Gasteiger partial charge < -0.3 is 20.3 Å². The molecule has 3 N–H and O–H groups in total. The number of benzene rings is 2. The van der Waals surface area contributed by atoms with Gasteiger partial charge in [0.2, 0.25) is 5.88 Å². The molecule has 0 saturated heterocycles. The molecule has 9 heteroatoms. The van der Waals surface area contributed by atoms with Gasteiger partial charge in [0.15, 0.2) is 5.69 Å². The van der Waals surface area contributed by atoms with Gasteiger partial charge in [0.05, 0.1) is 18.6 Å². The number of aliphatic hydroxyl groups excluding tert-OH is 1. The first-order chi connectivity index (χ1) is 16.5. The van der Waals surface area contributed by atoms with Crippen molar-refractivity contribution < 1.29 is 28.9 Å². The molecule has 2 aromatic carbocycles. The summed E-state index contributed by atoms with van der Waals surface area (Å²) < 4.78 is 21.4. The molecule has 3 aromatic rings. The largest absolute Gasteiger partial charge is 0.481 e. The summed E-state index contributed by atoms with van der Waals surface area (Å²) in [6, 6.07) is 13.6. The summed E-state index contributed by atoms with van der Waals surface area (Å²) in [7, 11) is 0. The molecule has 0 aliphatic rings. The number of carbonyl (C=O) groups excluding carboxylic acids is 1. The van der Waals surface area contributed by atoms with Crippen molar-refractivity contribution in [2.45, 2.75) is 46.3 Å². The zero-order valence-electron chi connectivity index (χ0n) is 20.2. The molecule has 0 spiro atoms. The van der Waals surface area contributed by atoms with Gasteiger partial charge in [0.25, 0.3) is 5.91 Å². The summed E-state index contributed by atoms with van der Waals surface area (Å²) in [5.41, 5.74) is 1.08. The van der Waals surface area contributed by atoms with Gasteiger partial charge >= 0.3 is 5.97 Å². The Hall–Kier alpha value is -3.72. The predicted octanol–water partition coefficient (Wildman–Crippen LogP) is 4.05. The Morgan fingerprint density at radius 3 is 2.49 bits per heavy atom. The highest BCUT2D eigenvalue weighted by Crippen LogP contribution is 2.25. The third kappa shape index (κ3) is 6.66. The number of carbonyl (C=O) groups is 2. The van der Waals surface area contributed by atoms with E-state index in [2.05, 4.69) is 10.4 Å². The maximum Gasteiger partial charge on any atom is 0.305 e. The number of nitrogens with one attached hydrogen (secondary N) is 1. The second kappa shape index (κ2) is 10.7. The van der Waals surface area contributed by atoms with Crippen LogP contribution in [0.25, 0.3) is 5.69 Å². The molecule has 0 aliphatic carbocycles. The number of para-hydroxylation sites is 1. The van der Waals surface area contributed by atoms with Crippen LogP contribution in [0.1, 0.15) is 54.8 Å². The highest BCUT2D eigenvalue weighted by Gasteiger charge is 2.26. The quantitative estimate of drug-likeness (QED) is 0.423. The van der Waals surface area contributed by atoms with Crippen LogP contribution in [0.15, 0.2) is 54.6 Å². The topological polar surface area (TPSA) is 114 Å². The Morgan fingerprint density at radius 1 is 1.14 bits per heavy atom. The Kier molecular flexibility index (Phi) is 7.91. The molecule has 8 nitrogen and oxygen atoms in total. The van der Waals surface area contributed by atoms with E-state index in [1.807, 2.05) is 33.8 Å². The molecule has 186 valence electrons. The van der Waals surface area contributed by atoms with E-state index in [1.54, 1.807) is 24.3 Å². The maximum atomic E-state index is 14.5. The fourth-order valence-electron chi connectivity index (χ4n) is 3.33. The molecule has 0 fully saturated rings. The summed E-state index contributed by atoms with van der Waals surface area (Å²) in [6.45, 7) is 7.32. The number of carboxylic acid groups (broad SMARTS) is 1. The predicted molar refractivity (Wildman–Crippen MR) is 128 cm³/mol. The van der Waals surface area contributed by atoms with Crippen LogP contribution in [0.5, 0.6) is 5.88 Å². The third-order valence-corrected chi connectivity index (χ3v) is 5.51. The number of aromatic nitrogens is 2. The van der Waals surface area contributed by atoms with Gasteiger partial charge in [-0.1, -0.05) is 62.7 Å². The summed E-state index contributed by atoms with van der Waals surface area (Å²) in [5.74, 6) is -2.23. The van der Waals surface area contributed by atoms with Crippen molar-refractivity contribution in [2.75, 3.05) is 6.61 Å². The second-order valence-electron chi connectivity index (χ2n) is 9.46. The lowest BCUT2D eigenvalue weighted by atomic mass is 9.90. The number of halogens is 1. The van der Waals surface area contributed by atoms with E-state index >= 15 is 0 Å². The molecule has 1 aromatic heterocycles. The number of amides is 1. The number of aliphatic carboxylic acids is 1. The summed E-state index contributed by atoms with van der Waals surface area (Å²) in [5, 5.41) is 26.7. The van der Waals surface area contributed by atoms with E-state index in [4.69, 9.17) is 4.74 Å². The smallest absolute Gasteiger partial charge is 0.305 e. The van der Waals surface area contributed by atoms with Crippen LogP contribution in [-0.2, 0) is 4.79 Å². The molecule has 3 rings (SSSR count). The molecule has 1 amide bonds. The summed E-state index contributed by atoms with van der Waals surface area (Å²) in [6.07, 6.45) is -1.16. The molecule has 2 atom stereocenters. The first kappa shape index (κ1) is 25.9. The van der Waals surface area contributed by atoms with E-state index in [1.165, 1.54) is 24.3 Å². The Bertz CT molecular complexity index is 1200. The number of hydrogen-bond acceptors (Lipinski definition) is 5. The highest BCUT2D eigenvalue weighted by molar-refractivity contribution is 5.93. The summed E-state index contributed by atoms with van der Waals surface area (Å²) in [4.78, 5) is 24.5. The monoisotopic (exact) mass is 483 g/mol. The highest BCUT2D eigenvalue weighted by atomic mass is 19.1. The Labute approximate surface area is 203 Å². The Morgan fingerprint density at radius 2 is 1.86 bits per heavy atom. The van der Waals surface area contributed by atoms with Crippen LogP contribution in [0, 0.1) is 18.2 Å². The first-order valence-electron chi connectivity index (χ1n) is 11.2. The van der Waals surface area contributed by atoms with Crippen LogP contribution in [0.3, 0.4) is 0 Å². The molecule has 2 unspecified atom stereocenters. The van der Waals surface area contributed by atoms with Gasteiger partial charge in [0, 0.05) is 6.07 Å². The SMILES string of the molecule is Cc1cccc(C(CC(=O)O)NC(=O)c2cc(OCC(O)C(C)(C)C)n(-c3ccccc3F)n2)c1. The van der Waals surface area contributed by atoms with Crippen molar-refractivity contribution in [3.05, 3.63) is 77.2 Å². The molecule has 0 aliphatic heterocycles. The van der Waals surface area contributed by atoms with Gasteiger partial charge in [-0.15, -0.1) is 0 Å². The number of hydrogen-bond donors (Lipinski definition) is 3. The van der Waals surface area contributed by atoms with Gasteiger partial charge in [0.1, 0.15) is 18.1 Å². The summed E-state index contributed by atoms with van der Waals surface area (Å²) >= 11 is 0. The lowest BCUT2D eigenvalue weighted by Crippen LogP contribution is -2.32.